The molecule has 0 amide bonds. The maximum Gasteiger partial charge on any atom is 0.186 e. The number of hydrogen-bond acceptors (Lipinski definition) is 3. The van der Waals surface area contributed by atoms with Crippen molar-refractivity contribution in [1.29, 1.82) is 0 Å². The summed E-state index contributed by atoms with van der Waals surface area (Å²) < 4.78 is 5.47. The van der Waals surface area contributed by atoms with Crippen LogP contribution in [0.3, 0.4) is 0 Å². The van der Waals surface area contributed by atoms with Crippen molar-refractivity contribution in [2.45, 2.75) is 12.6 Å². The highest BCUT2D eigenvalue weighted by Gasteiger charge is 2.28. The number of likely N-dealkylation sites (N-methyl/N-ethyl adjacent to an activating group) is 1. The highest BCUT2D eigenvalue weighted by atomic mass is 16.3. The summed E-state index contributed by atoms with van der Waals surface area (Å²) in [6.45, 7) is 0.556. The molecule has 1 N–H and O–H groups in total. The number of nitrogens with zero attached hydrogens (tertiary/aromatic N) is 1. The van der Waals surface area contributed by atoms with Crippen LogP contribution in [0.15, 0.2) is 83.6 Å². The number of rotatable bonds is 6. The minimum Gasteiger partial charge on any atom is -0.468 e. The van der Waals surface area contributed by atoms with Gasteiger partial charge in [-0.05, 0) is 30.8 Å². The van der Waals surface area contributed by atoms with Crippen molar-refractivity contribution in [2.24, 2.45) is 0 Å². The summed E-state index contributed by atoms with van der Waals surface area (Å²) in [7, 11) is 1.95. The molecule has 4 aromatic rings. The molecule has 4 rings (SSSR count). The number of para-hydroxylation sites is 1. The number of hydrogen-bond donors (Lipinski definition) is 1. The number of fused-ring (bicyclic) bond motifs is 1. The maximum atomic E-state index is 13.5. The zero-order valence-corrected chi connectivity index (χ0v) is 14.6. The molecule has 2 aromatic carbocycles. The van der Waals surface area contributed by atoms with Gasteiger partial charge < -0.3 is 9.40 Å². The standard InChI is InChI=1S/C22H20N2O2/c1-24(15-17-10-7-13-26-17)21(16-8-3-2-4-9-16)22(25)19-14-23-20-12-6-5-11-18(19)20/h2-14,21,23H,15H2,1H3. The molecule has 0 aliphatic carbocycles. The zero-order chi connectivity index (χ0) is 17.9. The molecule has 2 aromatic heterocycles. The van der Waals surface area contributed by atoms with E-state index in [2.05, 4.69) is 4.98 Å². The number of Topliss-reactive ketones (excluding diaryl/α,β-unsaturated/α-hetero) is 1. The van der Waals surface area contributed by atoms with Gasteiger partial charge in [0.1, 0.15) is 5.76 Å². The Morgan fingerprint density at radius 1 is 1.04 bits per heavy atom. The van der Waals surface area contributed by atoms with E-state index in [4.69, 9.17) is 4.42 Å². The first-order valence-corrected chi connectivity index (χ1v) is 8.62. The summed E-state index contributed by atoms with van der Waals surface area (Å²) in [5.41, 5.74) is 2.65. The smallest absolute Gasteiger partial charge is 0.186 e. The van der Waals surface area contributed by atoms with Crippen molar-refractivity contribution in [3.8, 4) is 0 Å². The SMILES string of the molecule is CN(Cc1ccco1)C(C(=O)c1c[nH]c2ccccc12)c1ccccc1. The molecule has 1 unspecified atom stereocenters. The van der Waals surface area contributed by atoms with Gasteiger partial charge in [-0.2, -0.15) is 0 Å². The molecular weight excluding hydrogens is 324 g/mol. The van der Waals surface area contributed by atoms with E-state index >= 15 is 0 Å². The predicted octanol–water partition coefficient (Wildman–Crippen LogP) is 4.82. The summed E-state index contributed by atoms with van der Waals surface area (Å²) in [5, 5.41) is 0.949. The molecule has 0 aliphatic rings. The van der Waals surface area contributed by atoms with Crippen LogP contribution in [0.5, 0.6) is 0 Å². The van der Waals surface area contributed by atoms with E-state index in [1.165, 1.54) is 0 Å². The number of H-pyrrole nitrogens is 1. The third kappa shape index (κ3) is 3.07. The lowest BCUT2D eigenvalue weighted by atomic mass is 9.96. The number of aromatic amines is 1. The highest BCUT2D eigenvalue weighted by Crippen LogP contribution is 2.29. The largest absolute Gasteiger partial charge is 0.468 e. The third-order valence-electron chi connectivity index (χ3n) is 4.64. The Balaban J connectivity index is 1.73. The van der Waals surface area contributed by atoms with E-state index in [-0.39, 0.29) is 11.8 Å². The van der Waals surface area contributed by atoms with E-state index in [0.29, 0.717) is 12.1 Å². The van der Waals surface area contributed by atoms with E-state index < -0.39 is 0 Å². The van der Waals surface area contributed by atoms with Crippen molar-refractivity contribution in [1.82, 2.24) is 9.88 Å². The van der Waals surface area contributed by atoms with Crippen molar-refractivity contribution >= 4 is 16.7 Å². The molecular formula is C22H20N2O2. The van der Waals surface area contributed by atoms with Crippen LogP contribution in [0, 0.1) is 0 Å². The van der Waals surface area contributed by atoms with E-state index in [1.807, 2.05) is 84.9 Å². The molecule has 0 saturated carbocycles. The molecule has 4 nitrogen and oxygen atoms in total. The molecule has 0 saturated heterocycles. The van der Waals surface area contributed by atoms with Crippen LogP contribution in [-0.2, 0) is 6.54 Å². The summed E-state index contributed by atoms with van der Waals surface area (Å²) in [6, 6.07) is 21.2. The average molecular weight is 344 g/mol. The van der Waals surface area contributed by atoms with Gasteiger partial charge in [0.2, 0.25) is 0 Å². The Kier molecular flexibility index (Phi) is 4.42. The molecule has 4 heteroatoms. The van der Waals surface area contributed by atoms with Gasteiger partial charge in [0.05, 0.1) is 18.8 Å². The van der Waals surface area contributed by atoms with Gasteiger partial charge in [0.15, 0.2) is 5.78 Å². The quantitative estimate of drug-likeness (QED) is 0.510. The van der Waals surface area contributed by atoms with Gasteiger partial charge in [-0.1, -0.05) is 48.5 Å². The number of carbonyl (C=O) groups excluding carboxylic acids is 1. The molecule has 130 valence electrons. The fourth-order valence-electron chi connectivity index (χ4n) is 3.40. The molecule has 0 spiro atoms. The number of furan rings is 1. The Hall–Kier alpha value is -3.11. The maximum absolute atomic E-state index is 13.5. The Labute approximate surface area is 152 Å². The fraction of sp³-hybridized carbons (Fsp3) is 0.136. The summed E-state index contributed by atoms with van der Waals surface area (Å²) >= 11 is 0. The number of nitrogens with one attached hydrogen (secondary N) is 1. The molecule has 0 bridgehead atoms. The van der Waals surface area contributed by atoms with Gasteiger partial charge >= 0.3 is 0 Å². The van der Waals surface area contributed by atoms with Gasteiger partial charge in [-0.3, -0.25) is 9.69 Å². The van der Waals surface area contributed by atoms with Crippen LogP contribution in [0.4, 0.5) is 0 Å². The van der Waals surface area contributed by atoms with Crippen LogP contribution < -0.4 is 0 Å². The lowest BCUT2D eigenvalue weighted by Gasteiger charge is -2.26. The van der Waals surface area contributed by atoms with Crippen LogP contribution in [0.2, 0.25) is 0 Å². The Bertz CT molecular complexity index is 1000. The minimum absolute atomic E-state index is 0.0720. The first-order chi connectivity index (χ1) is 12.7. The van der Waals surface area contributed by atoms with Crippen molar-refractivity contribution in [2.75, 3.05) is 7.05 Å². The molecule has 0 radical (unpaired) electrons. The Morgan fingerprint density at radius 2 is 1.81 bits per heavy atom. The molecule has 0 aliphatic heterocycles. The van der Waals surface area contributed by atoms with Gasteiger partial charge in [-0.25, -0.2) is 0 Å². The van der Waals surface area contributed by atoms with Gasteiger partial charge in [0, 0.05) is 22.7 Å². The van der Waals surface area contributed by atoms with Gasteiger partial charge in [-0.15, -0.1) is 0 Å². The van der Waals surface area contributed by atoms with Crippen LogP contribution in [0.1, 0.15) is 27.7 Å². The van der Waals surface area contributed by atoms with Crippen molar-refractivity contribution in [3.63, 3.8) is 0 Å². The number of benzene rings is 2. The first kappa shape index (κ1) is 16.4. The number of ketones is 1. The van der Waals surface area contributed by atoms with E-state index in [1.54, 1.807) is 6.26 Å². The summed E-state index contributed by atoms with van der Waals surface area (Å²) in [4.78, 5) is 18.7. The average Bonchev–Trinajstić information content (AvgIpc) is 3.32. The van der Waals surface area contributed by atoms with Crippen molar-refractivity contribution in [3.05, 3.63) is 96.1 Å². The first-order valence-electron chi connectivity index (χ1n) is 8.62. The lowest BCUT2D eigenvalue weighted by Crippen LogP contribution is -2.30. The van der Waals surface area contributed by atoms with Crippen LogP contribution in [0.25, 0.3) is 10.9 Å². The molecule has 0 fully saturated rings. The summed E-state index contributed by atoms with van der Waals surface area (Å²) in [5.74, 6) is 0.905. The lowest BCUT2D eigenvalue weighted by molar-refractivity contribution is 0.0837. The third-order valence-corrected chi connectivity index (χ3v) is 4.64. The molecule has 2 heterocycles. The second-order valence-corrected chi connectivity index (χ2v) is 6.42. The molecule has 26 heavy (non-hydrogen) atoms. The number of carbonyl (C=O) groups is 1. The second-order valence-electron chi connectivity index (χ2n) is 6.42. The van der Waals surface area contributed by atoms with E-state index in [9.17, 15) is 4.79 Å². The summed E-state index contributed by atoms with van der Waals surface area (Å²) in [6.07, 6.45) is 3.46. The fourth-order valence-corrected chi connectivity index (χ4v) is 3.40. The van der Waals surface area contributed by atoms with Crippen LogP contribution >= 0.6 is 0 Å². The second kappa shape index (κ2) is 7.02. The normalized spacial score (nSPS) is 12.5. The predicted molar refractivity (Wildman–Crippen MR) is 102 cm³/mol. The topological polar surface area (TPSA) is 49.2 Å². The highest BCUT2D eigenvalue weighted by molar-refractivity contribution is 6.10. The van der Waals surface area contributed by atoms with Crippen molar-refractivity contribution < 1.29 is 9.21 Å². The number of aromatic nitrogens is 1. The monoisotopic (exact) mass is 344 g/mol. The van der Waals surface area contributed by atoms with E-state index in [0.717, 1.165) is 22.2 Å². The minimum atomic E-state index is -0.388. The Morgan fingerprint density at radius 3 is 2.58 bits per heavy atom. The zero-order valence-electron chi connectivity index (χ0n) is 14.6. The van der Waals surface area contributed by atoms with Crippen LogP contribution in [-0.4, -0.2) is 22.7 Å². The molecule has 1 atom stereocenters. The van der Waals surface area contributed by atoms with Gasteiger partial charge in [0.25, 0.3) is 0 Å².